The van der Waals surface area contributed by atoms with E-state index < -0.39 is 21.4 Å². The number of nitriles is 1. The topological polar surface area (TPSA) is 95.7 Å². The number of nitrogens with zero attached hydrogens (tertiary/aromatic N) is 3. The van der Waals surface area contributed by atoms with Crippen molar-refractivity contribution in [1.82, 2.24) is 9.97 Å². The summed E-state index contributed by atoms with van der Waals surface area (Å²) in [6.45, 7) is 0. The van der Waals surface area contributed by atoms with Crippen molar-refractivity contribution in [2.24, 2.45) is 0 Å². The van der Waals surface area contributed by atoms with Crippen LogP contribution in [0.5, 0.6) is 0 Å². The first kappa shape index (κ1) is 14.2. The Bertz CT molecular complexity index is 787. The zero-order chi connectivity index (χ0) is 14.8. The minimum atomic E-state index is -4.03. The summed E-state index contributed by atoms with van der Waals surface area (Å²) in [5.41, 5.74) is -0.562. The van der Waals surface area contributed by atoms with E-state index in [0.717, 1.165) is 18.5 Å². The van der Waals surface area contributed by atoms with Gasteiger partial charge in [0, 0.05) is 0 Å². The van der Waals surface area contributed by atoms with Gasteiger partial charge in [0.05, 0.1) is 18.1 Å². The van der Waals surface area contributed by atoms with Crippen LogP contribution in [0.4, 0.5) is 10.1 Å². The molecule has 2 aromatic rings. The molecule has 1 heterocycles. The molecule has 0 radical (unpaired) electrons. The van der Waals surface area contributed by atoms with E-state index in [0.29, 0.717) is 0 Å². The van der Waals surface area contributed by atoms with E-state index in [1.807, 2.05) is 0 Å². The van der Waals surface area contributed by atoms with Crippen molar-refractivity contribution in [3.05, 3.63) is 47.3 Å². The van der Waals surface area contributed by atoms with Crippen molar-refractivity contribution < 1.29 is 12.8 Å². The molecule has 0 saturated carbocycles. The molecule has 0 unspecified atom stereocenters. The normalized spacial score (nSPS) is 10.8. The summed E-state index contributed by atoms with van der Waals surface area (Å²) in [7, 11) is -4.03. The van der Waals surface area contributed by atoms with E-state index >= 15 is 0 Å². The number of halogens is 2. The maximum absolute atomic E-state index is 13.4. The molecule has 6 nitrogen and oxygen atoms in total. The molecule has 0 saturated heterocycles. The average Bonchev–Trinajstić information content (AvgIpc) is 2.39. The Kier molecular flexibility index (Phi) is 3.83. The van der Waals surface area contributed by atoms with Crippen molar-refractivity contribution in [1.29, 1.82) is 5.26 Å². The first-order valence-corrected chi connectivity index (χ1v) is 6.99. The summed E-state index contributed by atoms with van der Waals surface area (Å²) in [5.74, 6) is -0.819. The van der Waals surface area contributed by atoms with E-state index in [9.17, 15) is 12.8 Å². The Morgan fingerprint density at radius 3 is 2.55 bits per heavy atom. The molecule has 102 valence electrons. The number of nitrogens with one attached hydrogen (secondary N) is 1. The molecule has 0 aliphatic heterocycles. The minimum Gasteiger partial charge on any atom is -0.278 e. The molecule has 2 rings (SSSR count). The lowest BCUT2D eigenvalue weighted by molar-refractivity contribution is 0.600. The average molecular weight is 313 g/mol. The molecule has 9 heteroatoms. The summed E-state index contributed by atoms with van der Waals surface area (Å²) in [5, 5.41) is 8.73. The van der Waals surface area contributed by atoms with Gasteiger partial charge in [0.2, 0.25) is 5.28 Å². The highest BCUT2D eigenvalue weighted by atomic mass is 35.5. The second kappa shape index (κ2) is 5.40. The summed E-state index contributed by atoms with van der Waals surface area (Å²) < 4.78 is 39.5. The summed E-state index contributed by atoms with van der Waals surface area (Å²) in [4.78, 5) is 6.83. The number of anilines is 1. The van der Waals surface area contributed by atoms with Crippen LogP contribution in [0.1, 0.15) is 5.56 Å². The van der Waals surface area contributed by atoms with Gasteiger partial charge < -0.3 is 0 Å². The highest BCUT2D eigenvalue weighted by molar-refractivity contribution is 7.92. The smallest absolute Gasteiger partial charge is 0.265 e. The lowest BCUT2D eigenvalue weighted by Gasteiger charge is -2.09. The standard InChI is InChI=1S/C11H6ClFN4O2S/c12-11-15-5-7(6-16-11)20(18,19)17-10-3-1-2-9(13)8(10)4-14/h1-3,5-6,17H. The van der Waals surface area contributed by atoms with Crippen LogP contribution in [0.2, 0.25) is 5.28 Å². The first-order chi connectivity index (χ1) is 9.44. The van der Waals surface area contributed by atoms with Gasteiger partial charge in [-0.1, -0.05) is 6.07 Å². The van der Waals surface area contributed by atoms with Gasteiger partial charge in [-0.05, 0) is 23.7 Å². The number of benzene rings is 1. The minimum absolute atomic E-state index is 0.104. The number of hydrogen-bond donors (Lipinski definition) is 1. The lowest BCUT2D eigenvalue weighted by Crippen LogP contribution is -2.14. The number of aromatic nitrogens is 2. The first-order valence-electron chi connectivity index (χ1n) is 5.13. The lowest BCUT2D eigenvalue weighted by atomic mass is 10.2. The van der Waals surface area contributed by atoms with Crippen LogP contribution in [-0.4, -0.2) is 18.4 Å². The number of sulfonamides is 1. The van der Waals surface area contributed by atoms with Gasteiger partial charge in [-0.2, -0.15) is 5.26 Å². The maximum atomic E-state index is 13.4. The van der Waals surface area contributed by atoms with Crippen molar-refractivity contribution in [2.75, 3.05) is 4.72 Å². The molecule has 0 fully saturated rings. The molecule has 0 amide bonds. The van der Waals surface area contributed by atoms with Crippen molar-refractivity contribution >= 4 is 27.3 Å². The SMILES string of the molecule is N#Cc1c(F)cccc1NS(=O)(=O)c1cnc(Cl)nc1. The van der Waals surface area contributed by atoms with Crippen LogP contribution in [-0.2, 0) is 10.0 Å². The van der Waals surface area contributed by atoms with Crippen molar-refractivity contribution in [3.8, 4) is 6.07 Å². The van der Waals surface area contributed by atoms with Crippen molar-refractivity contribution in [2.45, 2.75) is 4.90 Å². The van der Waals surface area contributed by atoms with Crippen LogP contribution in [0, 0.1) is 17.1 Å². The molecule has 0 spiro atoms. The molecule has 0 aliphatic rings. The quantitative estimate of drug-likeness (QED) is 0.874. The predicted octanol–water partition coefficient (Wildman–Crippen LogP) is 1.94. The van der Waals surface area contributed by atoms with Crippen LogP contribution in [0.15, 0.2) is 35.5 Å². The van der Waals surface area contributed by atoms with Gasteiger partial charge in [0.25, 0.3) is 10.0 Å². The molecule has 0 aliphatic carbocycles. The van der Waals surface area contributed by atoms with Crippen LogP contribution >= 0.6 is 11.6 Å². The molecule has 0 bridgehead atoms. The number of hydrogen-bond acceptors (Lipinski definition) is 5. The molecular weight excluding hydrogens is 307 g/mol. The summed E-state index contributed by atoms with van der Waals surface area (Å²) >= 11 is 5.46. The molecule has 1 aromatic carbocycles. The Labute approximate surface area is 118 Å². The Balaban J connectivity index is 2.42. The Morgan fingerprint density at radius 2 is 1.95 bits per heavy atom. The largest absolute Gasteiger partial charge is 0.278 e. The van der Waals surface area contributed by atoms with Crippen molar-refractivity contribution in [3.63, 3.8) is 0 Å². The second-order valence-corrected chi connectivity index (χ2v) is 5.59. The molecule has 1 aromatic heterocycles. The van der Waals surface area contributed by atoms with Gasteiger partial charge in [-0.15, -0.1) is 0 Å². The molecular formula is C11H6ClFN4O2S. The third-order valence-electron chi connectivity index (χ3n) is 2.28. The van der Waals surface area contributed by atoms with Gasteiger partial charge >= 0.3 is 0 Å². The molecule has 20 heavy (non-hydrogen) atoms. The molecule has 0 atom stereocenters. The fourth-order valence-electron chi connectivity index (χ4n) is 1.37. The van der Waals surface area contributed by atoms with Gasteiger partial charge in [-0.25, -0.2) is 22.8 Å². The van der Waals surface area contributed by atoms with E-state index in [4.69, 9.17) is 16.9 Å². The van der Waals surface area contributed by atoms with Gasteiger partial charge in [-0.3, -0.25) is 4.72 Å². The zero-order valence-corrected chi connectivity index (χ0v) is 11.3. The van der Waals surface area contributed by atoms with Crippen LogP contribution in [0.25, 0.3) is 0 Å². The Morgan fingerprint density at radius 1 is 1.30 bits per heavy atom. The Hall–Kier alpha value is -2.24. The third-order valence-corrected chi connectivity index (χ3v) is 3.79. The van der Waals surface area contributed by atoms with Crippen LogP contribution in [0.3, 0.4) is 0 Å². The second-order valence-electron chi connectivity index (χ2n) is 3.57. The third kappa shape index (κ3) is 2.84. The monoisotopic (exact) mass is 312 g/mol. The zero-order valence-electron chi connectivity index (χ0n) is 9.71. The van der Waals surface area contributed by atoms with E-state index in [1.165, 1.54) is 12.1 Å². The van der Waals surface area contributed by atoms with Crippen LogP contribution < -0.4 is 4.72 Å². The predicted molar refractivity (Wildman–Crippen MR) is 69.0 cm³/mol. The molecule has 1 N–H and O–H groups in total. The van der Waals surface area contributed by atoms with E-state index in [2.05, 4.69) is 14.7 Å². The summed E-state index contributed by atoms with van der Waals surface area (Å²) in [6.07, 6.45) is 2.01. The summed E-state index contributed by atoms with van der Waals surface area (Å²) in [6, 6.07) is 5.21. The highest BCUT2D eigenvalue weighted by Crippen LogP contribution is 2.21. The van der Waals surface area contributed by atoms with E-state index in [1.54, 1.807) is 6.07 Å². The fraction of sp³-hybridized carbons (Fsp3) is 0. The maximum Gasteiger partial charge on any atom is 0.265 e. The number of rotatable bonds is 3. The van der Waals surface area contributed by atoms with E-state index in [-0.39, 0.29) is 15.9 Å². The fourth-order valence-corrected chi connectivity index (χ4v) is 2.42. The van der Waals surface area contributed by atoms with Gasteiger partial charge in [0.1, 0.15) is 22.3 Å². The highest BCUT2D eigenvalue weighted by Gasteiger charge is 2.18. The van der Waals surface area contributed by atoms with Gasteiger partial charge in [0.15, 0.2) is 0 Å².